The van der Waals surface area contributed by atoms with Crippen molar-refractivity contribution in [1.82, 2.24) is 25.3 Å². The van der Waals surface area contributed by atoms with Gasteiger partial charge in [-0.3, -0.25) is 24.0 Å². The van der Waals surface area contributed by atoms with Crippen LogP contribution in [0, 0.1) is 35.5 Å². The van der Waals surface area contributed by atoms with Crippen molar-refractivity contribution in [3.8, 4) is 12.3 Å². The molecule has 0 spiro atoms. The van der Waals surface area contributed by atoms with Gasteiger partial charge in [0.05, 0.1) is 11.5 Å². The molecule has 3 rings (SSSR count). The lowest BCUT2D eigenvalue weighted by Gasteiger charge is -2.38. The summed E-state index contributed by atoms with van der Waals surface area (Å²) in [5, 5.41) is 16.5. The highest BCUT2D eigenvalue weighted by Crippen LogP contribution is 2.31. The third-order valence-corrected chi connectivity index (χ3v) is 12.2. The molecule has 0 aromatic heterocycles. The molecule has 2 heterocycles. The van der Waals surface area contributed by atoms with E-state index >= 15 is 0 Å². The molecule has 15 heteroatoms. The number of amides is 5. The Labute approximate surface area is 362 Å². The zero-order chi connectivity index (χ0) is 45.9. The minimum atomic E-state index is -1.54. The first-order valence-corrected chi connectivity index (χ1v) is 21.6. The third kappa shape index (κ3) is 12.3. The lowest BCUT2D eigenvalue weighted by atomic mass is 9.82. The highest BCUT2D eigenvalue weighted by molar-refractivity contribution is 5.96. The maximum absolute atomic E-state index is 14.7. The molecule has 1 aromatic carbocycles. The van der Waals surface area contributed by atoms with Gasteiger partial charge in [0.2, 0.25) is 23.6 Å². The Morgan fingerprint density at radius 1 is 0.852 bits per heavy atom. The predicted octanol–water partition coefficient (Wildman–Crippen LogP) is 3.25. The molecule has 0 saturated carbocycles. The molecule has 61 heavy (non-hydrogen) atoms. The number of carbonyl (C=O) groups excluding carboxylic acids is 7. The van der Waals surface area contributed by atoms with E-state index in [1.165, 1.54) is 35.7 Å². The molecule has 15 nitrogen and oxygen atoms in total. The summed E-state index contributed by atoms with van der Waals surface area (Å²) < 4.78 is 12.1. The summed E-state index contributed by atoms with van der Waals surface area (Å²) in [5.74, 6) is -3.84. The Hall–Kier alpha value is -4.97. The molecule has 3 N–H and O–H groups in total. The van der Waals surface area contributed by atoms with Gasteiger partial charge >= 0.3 is 11.9 Å². The number of terminal acetylenes is 1. The van der Waals surface area contributed by atoms with Crippen LogP contribution in [0.4, 0.5) is 0 Å². The van der Waals surface area contributed by atoms with Crippen LogP contribution in [-0.4, -0.2) is 130 Å². The maximum atomic E-state index is 14.7. The number of esters is 2. The van der Waals surface area contributed by atoms with Crippen molar-refractivity contribution >= 4 is 41.5 Å². The maximum Gasteiger partial charge on any atom is 0.329 e. The lowest BCUT2D eigenvalue weighted by molar-refractivity contribution is -0.171. The van der Waals surface area contributed by atoms with E-state index in [0.29, 0.717) is 31.2 Å². The second kappa shape index (κ2) is 22.2. The van der Waals surface area contributed by atoms with Gasteiger partial charge in [0.25, 0.3) is 5.91 Å². The Balaban J connectivity index is 2.25. The smallest absolute Gasteiger partial charge is 0.329 e. The van der Waals surface area contributed by atoms with E-state index in [-0.39, 0.29) is 25.8 Å². The van der Waals surface area contributed by atoms with Gasteiger partial charge < -0.3 is 39.9 Å². The summed E-state index contributed by atoms with van der Waals surface area (Å²) >= 11 is 0. The minimum Gasteiger partial charge on any atom is -0.460 e. The topological polar surface area (TPSA) is 192 Å². The van der Waals surface area contributed by atoms with Gasteiger partial charge in [-0.05, 0) is 70.3 Å². The molecule has 1 aromatic rings. The Bertz CT molecular complexity index is 1760. The van der Waals surface area contributed by atoms with E-state index in [2.05, 4.69) is 16.6 Å². The SMILES string of the molecule is C#CCCCC1OC(=O)[C@H](C(C)C)NC(=O)[C@H](C(C)C)N(C)C(=O)[C@H]([C@H](C)CC)OC(=O)[C@@H]2CCCN2C(=O)[C@H](Cc2ccccc2)N(C)C(=O)[C@H]([C@@H](C)O)NC(=O)C1(C)C. The van der Waals surface area contributed by atoms with E-state index in [9.17, 15) is 38.7 Å². The predicted molar refractivity (Wildman–Crippen MR) is 229 cm³/mol. The zero-order valence-electron chi connectivity index (χ0n) is 37.9. The first-order chi connectivity index (χ1) is 28.6. The first-order valence-electron chi connectivity index (χ1n) is 21.6. The molecule has 2 saturated heterocycles. The fourth-order valence-corrected chi connectivity index (χ4v) is 7.93. The summed E-state index contributed by atoms with van der Waals surface area (Å²) in [5.41, 5.74) is -0.802. The average molecular weight is 852 g/mol. The van der Waals surface area contributed by atoms with Gasteiger partial charge in [-0.2, -0.15) is 0 Å². The summed E-state index contributed by atoms with van der Waals surface area (Å²) in [6.07, 6.45) is 3.68. The van der Waals surface area contributed by atoms with Crippen molar-refractivity contribution < 1.29 is 48.1 Å². The van der Waals surface area contributed by atoms with Crippen molar-refractivity contribution in [3.05, 3.63) is 35.9 Å². The number of carbonyl (C=O) groups is 7. The molecule has 2 aliphatic heterocycles. The molecule has 338 valence electrons. The Morgan fingerprint density at radius 2 is 1.49 bits per heavy atom. The number of aliphatic hydroxyl groups excluding tert-OH is 1. The average Bonchev–Trinajstić information content (AvgIpc) is 3.71. The Kier molecular flexibility index (Phi) is 18.4. The summed E-state index contributed by atoms with van der Waals surface area (Å²) in [6.45, 7) is 15.1. The number of hydrogen-bond donors (Lipinski definition) is 3. The number of nitrogens with zero attached hydrogens (tertiary/aromatic N) is 3. The first kappa shape index (κ1) is 50.4. The van der Waals surface area contributed by atoms with Gasteiger partial charge in [-0.25, -0.2) is 9.59 Å². The number of ether oxygens (including phenoxy) is 2. The summed E-state index contributed by atoms with van der Waals surface area (Å²) in [4.78, 5) is 104. The van der Waals surface area contributed by atoms with E-state index < -0.39 is 113 Å². The van der Waals surface area contributed by atoms with Crippen LogP contribution in [0.2, 0.25) is 0 Å². The molecular weight excluding hydrogens is 783 g/mol. The second-order valence-electron chi connectivity index (χ2n) is 17.9. The van der Waals surface area contributed by atoms with Crippen LogP contribution in [0.1, 0.15) is 106 Å². The molecule has 0 bridgehead atoms. The molecule has 0 radical (unpaired) electrons. The van der Waals surface area contributed by atoms with Gasteiger partial charge in [0.1, 0.15) is 36.3 Å². The number of fused-ring (bicyclic) bond motifs is 1. The molecule has 5 amide bonds. The number of aliphatic hydroxyl groups is 1. The molecular formula is C46H69N5O10. The van der Waals surface area contributed by atoms with Crippen LogP contribution in [0.15, 0.2) is 30.3 Å². The zero-order valence-corrected chi connectivity index (χ0v) is 37.9. The fraction of sp³-hybridized carbons (Fsp3) is 0.674. The molecule has 2 aliphatic rings. The summed E-state index contributed by atoms with van der Waals surface area (Å²) in [7, 11) is 2.86. The van der Waals surface area contributed by atoms with Crippen LogP contribution < -0.4 is 10.6 Å². The highest BCUT2D eigenvalue weighted by Gasteiger charge is 2.47. The van der Waals surface area contributed by atoms with Crippen molar-refractivity contribution in [2.75, 3.05) is 20.6 Å². The van der Waals surface area contributed by atoms with E-state index in [0.717, 1.165) is 0 Å². The highest BCUT2D eigenvalue weighted by atomic mass is 16.6. The third-order valence-electron chi connectivity index (χ3n) is 12.2. The van der Waals surface area contributed by atoms with E-state index in [4.69, 9.17) is 15.9 Å². The van der Waals surface area contributed by atoms with E-state index in [1.807, 2.05) is 13.0 Å². The van der Waals surface area contributed by atoms with Crippen LogP contribution >= 0.6 is 0 Å². The van der Waals surface area contributed by atoms with Gasteiger partial charge in [-0.15, -0.1) is 12.3 Å². The van der Waals surface area contributed by atoms with Crippen LogP contribution in [0.5, 0.6) is 0 Å². The molecule has 9 atom stereocenters. The molecule has 2 fully saturated rings. The second-order valence-corrected chi connectivity index (χ2v) is 17.9. The normalized spacial score (nSPS) is 27.6. The van der Waals surface area contributed by atoms with Crippen molar-refractivity contribution in [2.45, 2.75) is 156 Å². The van der Waals surface area contributed by atoms with Crippen LogP contribution in [-0.2, 0) is 49.5 Å². The van der Waals surface area contributed by atoms with Crippen molar-refractivity contribution in [2.24, 2.45) is 23.2 Å². The largest absolute Gasteiger partial charge is 0.460 e. The van der Waals surface area contributed by atoms with Crippen LogP contribution in [0.25, 0.3) is 0 Å². The number of cyclic esters (lactones) is 2. The minimum absolute atomic E-state index is 0.0355. The lowest BCUT2D eigenvalue weighted by Crippen LogP contribution is -2.61. The molecule has 0 aliphatic carbocycles. The monoisotopic (exact) mass is 852 g/mol. The number of nitrogens with one attached hydrogen (secondary N) is 2. The summed E-state index contributed by atoms with van der Waals surface area (Å²) in [6, 6.07) is 2.86. The number of benzene rings is 1. The van der Waals surface area contributed by atoms with Crippen molar-refractivity contribution in [3.63, 3.8) is 0 Å². The van der Waals surface area contributed by atoms with E-state index in [1.54, 1.807) is 72.7 Å². The number of unbranched alkanes of at least 4 members (excludes halogenated alkanes) is 1. The number of likely N-dealkylation sites (N-methyl/N-ethyl adjacent to an activating group) is 2. The molecule has 1 unspecified atom stereocenters. The van der Waals surface area contributed by atoms with Crippen LogP contribution in [0.3, 0.4) is 0 Å². The van der Waals surface area contributed by atoms with Gasteiger partial charge in [0.15, 0.2) is 6.10 Å². The Morgan fingerprint density at radius 3 is 2.05 bits per heavy atom. The van der Waals surface area contributed by atoms with Gasteiger partial charge in [0, 0.05) is 39.4 Å². The van der Waals surface area contributed by atoms with Crippen molar-refractivity contribution in [1.29, 1.82) is 0 Å². The fourth-order valence-electron chi connectivity index (χ4n) is 7.93. The van der Waals surface area contributed by atoms with Gasteiger partial charge in [-0.1, -0.05) is 71.9 Å². The number of hydrogen-bond acceptors (Lipinski definition) is 10. The quantitative estimate of drug-likeness (QED) is 0.179. The standard InChI is InChI=1S/C46H69N5O10/c1-13-15-17-24-34-46(9,10)45(59)48-36(30(8)52)41(55)49(11)33(26-31-21-18-16-19-22-31)40(54)51-25-20-23-32(51)43(57)61-38(29(7)14-2)42(56)50(12)37(28(5)6)39(53)47-35(27(3)4)44(58)60-34/h1,16,18-19,21-22,27-30,32-38,52H,14-15,17,20,23-26H2,2-12H3,(H,47,53)(H,48,59)/t29-,30-,32+,33+,34?,35+,36+,37+,38+/m1/s1. The number of rotatable bonds is 10.